The van der Waals surface area contributed by atoms with Gasteiger partial charge in [0.25, 0.3) is 0 Å². The molecule has 6 heteroatoms. The van der Waals surface area contributed by atoms with Crippen LogP contribution in [-0.4, -0.2) is 21.9 Å². The van der Waals surface area contributed by atoms with Crippen molar-refractivity contribution >= 4 is 11.3 Å². The number of aromatic nitrogens is 3. The van der Waals surface area contributed by atoms with Crippen LogP contribution in [0, 0.1) is 13.8 Å². The fourth-order valence-corrected chi connectivity index (χ4v) is 2.70. The van der Waals surface area contributed by atoms with E-state index in [9.17, 15) is 0 Å². The number of ether oxygens (including phenoxy) is 1. The van der Waals surface area contributed by atoms with Gasteiger partial charge in [-0.15, -0.1) is 11.3 Å². The molecule has 0 spiro atoms. The minimum atomic E-state index is 0.750. The number of nitrogens with one attached hydrogen (secondary N) is 1. The van der Waals surface area contributed by atoms with Crippen molar-refractivity contribution < 1.29 is 4.74 Å². The van der Waals surface area contributed by atoms with Crippen LogP contribution in [0.1, 0.15) is 21.1 Å². The summed E-state index contributed by atoms with van der Waals surface area (Å²) in [6.07, 6.45) is 1.92. The molecule has 0 aromatic carbocycles. The molecule has 1 N–H and O–H groups in total. The van der Waals surface area contributed by atoms with E-state index in [4.69, 9.17) is 4.74 Å². The van der Waals surface area contributed by atoms with Crippen LogP contribution in [-0.2, 0) is 20.1 Å². The van der Waals surface area contributed by atoms with E-state index in [-0.39, 0.29) is 0 Å². The number of thiazole rings is 1. The maximum atomic E-state index is 5.35. The molecule has 0 bridgehead atoms. The Kier molecular flexibility index (Phi) is 3.98. The lowest BCUT2D eigenvalue weighted by Gasteiger charge is -2.05. The highest BCUT2D eigenvalue weighted by atomic mass is 32.1. The number of rotatable bonds is 5. The summed E-state index contributed by atoms with van der Waals surface area (Å²) in [5.74, 6) is 0.820. The molecule has 18 heavy (non-hydrogen) atoms. The van der Waals surface area contributed by atoms with E-state index in [2.05, 4.69) is 15.4 Å². The largest absolute Gasteiger partial charge is 0.481 e. The first-order valence-corrected chi connectivity index (χ1v) is 6.62. The molecule has 0 aliphatic heterocycles. The predicted molar refractivity (Wildman–Crippen MR) is 71.9 cm³/mol. The van der Waals surface area contributed by atoms with Crippen LogP contribution < -0.4 is 10.1 Å². The summed E-state index contributed by atoms with van der Waals surface area (Å²) in [6.45, 7) is 5.58. The van der Waals surface area contributed by atoms with Crippen molar-refractivity contribution in [1.82, 2.24) is 20.1 Å². The normalized spacial score (nSPS) is 10.9. The van der Waals surface area contributed by atoms with Gasteiger partial charge in [-0.25, -0.2) is 9.67 Å². The van der Waals surface area contributed by atoms with Crippen LogP contribution in [0.15, 0.2) is 6.20 Å². The fraction of sp³-hybridized carbons (Fsp3) is 0.500. The zero-order valence-electron chi connectivity index (χ0n) is 11.1. The van der Waals surface area contributed by atoms with E-state index in [1.54, 1.807) is 23.1 Å². The van der Waals surface area contributed by atoms with Crippen LogP contribution in [0.3, 0.4) is 0 Å². The number of hydrogen-bond donors (Lipinski definition) is 1. The molecule has 2 heterocycles. The van der Waals surface area contributed by atoms with Crippen molar-refractivity contribution in [2.24, 2.45) is 7.05 Å². The fourth-order valence-electron chi connectivity index (χ4n) is 1.94. The van der Waals surface area contributed by atoms with Gasteiger partial charge >= 0.3 is 0 Å². The van der Waals surface area contributed by atoms with Crippen molar-refractivity contribution in [2.45, 2.75) is 26.9 Å². The van der Waals surface area contributed by atoms with Gasteiger partial charge in [-0.2, -0.15) is 5.10 Å². The zero-order valence-corrected chi connectivity index (χ0v) is 12.0. The van der Waals surface area contributed by atoms with Crippen molar-refractivity contribution in [3.05, 3.63) is 27.3 Å². The summed E-state index contributed by atoms with van der Waals surface area (Å²) in [6, 6.07) is 0. The third-order valence-electron chi connectivity index (χ3n) is 2.75. The third kappa shape index (κ3) is 2.70. The van der Waals surface area contributed by atoms with E-state index in [0.717, 1.165) is 35.2 Å². The SMILES string of the molecule is COc1c(CNCc2cnc(C)s2)c(C)nn1C. The van der Waals surface area contributed by atoms with Gasteiger partial charge in [0.1, 0.15) is 0 Å². The zero-order chi connectivity index (χ0) is 13.1. The lowest BCUT2D eigenvalue weighted by molar-refractivity contribution is 0.368. The molecule has 0 unspecified atom stereocenters. The van der Waals surface area contributed by atoms with Gasteiger partial charge in [-0.1, -0.05) is 0 Å². The summed E-state index contributed by atoms with van der Waals surface area (Å²) in [7, 11) is 3.56. The first kappa shape index (κ1) is 13.0. The van der Waals surface area contributed by atoms with Crippen molar-refractivity contribution in [3.63, 3.8) is 0 Å². The van der Waals surface area contributed by atoms with Crippen LogP contribution in [0.4, 0.5) is 0 Å². The molecule has 0 amide bonds. The highest BCUT2D eigenvalue weighted by Gasteiger charge is 2.13. The number of methoxy groups -OCH3 is 1. The number of nitrogens with zero attached hydrogens (tertiary/aromatic N) is 3. The second kappa shape index (κ2) is 5.49. The summed E-state index contributed by atoms with van der Waals surface area (Å²) in [4.78, 5) is 5.48. The van der Waals surface area contributed by atoms with Gasteiger partial charge in [0.15, 0.2) is 0 Å². The topological polar surface area (TPSA) is 52.0 Å². The van der Waals surface area contributed by atoms with Gasteiger partial charge in [0.2, 0.25) is 5.88 Å². The summed E-state index contributed by atoms with van der Waals surface area (Å²) < 4.78 is 7.12. The monoisotopic (exact) mass is 266 g/mol. The molecule has 0 saturated heterocycles. The minimum Gasteiger partial charge on any atom is -0.481 e. The second-order valence-corrected chi connectivity index (χ2v) is 5.47. The number of aryl methyl sites for hydroxylation is 3. The Hall–Kier alpha value is -1.40. The summed E-state index contributed by atoms with van der Waals surface area (Å²) in [5.41, 5.74) is 2.11. The van der Waals surface area contributed by atoms with Crippen molar-refractivity contribution in [3.8, 4) is 5.88 Å². The molecule has 0 aliphatic carbocycles. The van der Waals surface area contributed by atoms with Crippen LogP contribution >= 0.6 is 11.3 Å². The maximum absolute atomic E-state index is 5.35. The van der Waals surface area contributed by atoms with Gasteiger partial charge in [-0.3, -0.25) is 0 Å². The molecule has 0 aliphatic rings. The molecule has 5 nitrogen and oxygen atoms in total. The molecule has 0 radical (unpaired) electrons. The highest BCUT2D eigenvalue weighted by molar-refractivity contribution is 7.11. The van der Waals surface area contributed by atoms with Crippen LogP contribution in [0.5, 0.6) is 5.88 Å². The van der Waals surface area contributed by atoms with Crippen LogP contribution in [0.25, 0.3) is 0 Å². The Labute approximate surface area is 111 Å². The van der Waals surface area contributed by atoms with Crippen LogP contribution in [0.2, 0.25) is 0 Å². The average Bonchev–Trinajstić information content (AvgIpc) is 2.84. The minimum absolute atomic E-state index is 0.750. The van der Waals surface area contributed by atoms with E-state index >= 15 is 0 Å². The average molecular weight is 266 g/mol. The predicted octanol–water partition coefficient (Wildman–Crippen LogP) is 1.79. The molecular formula is C12H18N4OS. The van der Waals surface area contributed by atoms with Gasteiger partial charge in [0.05, 0.1) is 23.4 Å². The quantitative estimate of drug-likeness (QED) is 0.896. The molecule has 2 aromatic heterocycles. The Morgan fingerprint density at radius 1 is 1.39 bits per heavy atom. The molecule has 98 valence electrons. The lowest BCUT2D eigenvalue weighted by Crippen LogP contribution is -2.13. The molecule has 2 rings (SSSR count). The summed E-state index contributed by atoms with van der Waals surface area (Å²) in [5, 5.41) is 8.85. The Balaban J connectivity index is 1.98. The second-order valence-electron chi connectivity index (χ2n) is 4.15. The Morgan fingerprint density at radius 3 is 2.78 bits per heavy atom. The van der Waals surface area contributed by atoms with E-state index in [1.807, 2.05) is 27.1 Å². The third-order valence-corrected chi connectivity index (χ3v) is 3.67. The first-order valence-electron chi connectivity index (χ1n) is 5.80. The van der Waals surface area contributed by atoms with E-state index in [1.165, 1.54) is 4.88 Å². The van der Waals surface area contributed by atoms with E-state index < -0.39 is 0 Å². The van der Waals surface area contributed by atoms with Gasteiger partial charge in [-0.05, 0) is 13.8 Å². The highest BCUT2D eigenvalue weighted by Crippen LogP contribution is 2.20. The molecule has 0 saturated carbocycles. The smallest absolute Gasteiger partial charge is 0.216 e. The standard InChI is InChI=1S/C12H18N4OS/c1-8-11(12(17-4)16(3)15-8)7-13-5-10-6-14-9(2)18-10/h6,13H,5,7H2,1-4H3. The van der Waals surface area contributed by atoms with Crippen molar-refractivity contribution in [1.29, 1.82) is 0 Å². The maximum Gasteiger partial charge on any atom is 0.216 e. The Bertz CT molecular complexity index is 532. The van der Waals surface area contributed by atoms with Gasteiger partial charge in [0, 0.05) is 31.2 Å². The molecule has 2 aromatic rings. The lowest BCUT2D eigenvalue weighted by atomic mass is 10.2. The molecule has 0 atom stereocenters. The van der Waals surface area contributed by atoms with Gasteiger partial charge < -0.3 is 10.1 Å². The molecule has 0 fully saturated rings. The van der Waals surface area contributed by atoms with Crippen molar-refractivity contribution in [2.75, 3.05) is 7.11 Å². The number of hydrogen-bond acceptors (Lipinski definition) is 5. The van der Waals surface area contributed by atoms with E-state index in [0.29, 0.717) is 0 Å². The summed E-state index contributed by atoms with van der Waals surface area (Å²) >= 11 is 1.72. The molecular weight excluding hydrogens is 248 g/mol. The first-order chi connectivity index (χ1) is 8.61. The Morgan fingerprint density at radius 2 is 2.17 bits per heavy atom.